The first-order valence-electron chi connectivity index (χ1n) is 3.97. The van der Waals surface area contributed by atoms with Crippen LogP contribution in [0.2, 0.25) is 0 Å². The molecule has 0 aromatic carbocycles. The fourth-order valence-corrected chi connectivity index (χ4v) is 1.24. The van der Waals surface area contributed by atoms with Gasteiger partial charge in [-0.15, -0.1) is 0 Å². The van der Waals surface area contributed by atoms with Gasteiger partial charge in [0, 0.05) is 19.4 Å². The van der Waals surface area contributed by atoms with Gasteiger partial charge in [0.25, 0.3) is 0 Å². The van der Waals surface area contributed by atoms with Gasteiger partial charge in [-0.05, 0) is 5.69 Å². The molecule has 5 heteroatoms. The van der Waals surface area contributed by atoms with Crippen LogP contribution in [0.3, 0.4) is 0 Å². The molecule has 0 saturated carbocycles. The molecule has 1 aromatic heterocycles. The van der Waals surface area contributed by atoms with Crippen LogP contribution in [0.25, 0.3) is 0 Å². The minimum Gasteiger partial charge on any atom is -0.386 e. The van der Waals surface area contributed by atoms with E-state index in [0.717, 1.165) is 32.0 Å². The van der Waals surface area contributed by atoms with Crippen LogP contribution in [0.4, 0.5) is 5.69 Å². The SMILES string of the molecule is [Rf].[c-]1ncc(N2CCOCC2)cn1. The van der Waals surface area contributed by atoms with Crippen molar-refractivity contribution in [1.82, 2.24) is 9.97 Å². The van der Waals surface area contributed by atoms with Crippen LogP contribution >= 0.6 is 0 Å². The molecular formula is C8H10N3ORf-. The molecule has 4 nitrogen and oxygen atoms in total. The summed E-state index contributed by atoms with van der Waals surface area (Å²) in [6.45, 7) is 3.43. The molecule has 2 heterocycles. The predicted molar refractivity (Wildman–Crippen MR) is 43.9 cm³/mol. The number of ether oxygens (including phenoxy) is 1. The van der Waals surface area contributed by atoms with Gasteiger partial charge in [0.15, 0.2) is 0 Å². The molecule has 66 valence electrons. The van der Waals surface area contributed by atoms with E-state index in [2.05, 4.69) is 21.2 Å². The van der Waals surface area contributed by atoms with Gasteiger partial charge >= 0.3 is 0 Å². The summed E-state index contributed by atoms with van der Waals surface area (Å²) in [4.78, 5) is 9.89. The molecule has 0 amide bonds. The average Bonchev–Trinajstić information content (AvgIpc) is 2.21. The molecule has 0 N–H and O–H groups in total. The Hall–Kier alpha value is -2.16. The van der Waals surface area contributed by atoms with Crippen LogP contribution < -0.4 is 4.90 Å². The summed E-state index contributed by atoms with van der Waals surface area (Å²) in [5.41, 5.74) is 1.05. The molecule has 2 rings (SSSR count). The van der Waals surface area contributed by atoms with Crippen molar-refractivity contribution in [3.05, 3.63) is 18.7 Å². The molecule has 0 atom stereocenters. The number of morpholine rings is 1. The van der Waals surface area contributed by atoms with Gasteiger partial charge in [0.2, 0.25) is 0 Å². The number of nitrogens with zero attached hydrogens (tertiary/aromatic N) is 3. The van der Waals surface area contributed by atoms with E-state index < -0.39 is 0 Å². The van der Waals surface area contributed by atoms with Crippen LogP contribution in [0.1, 0.15) is 0 Å². The Morgan fingerprint density at radius 2 is 1.85 bits per heavy atom. The van der Waals surface area contributed by atoms with Gasteiger partial charge in [-0.3, -0.25) is 0 Å². The van der Waals surface area contributed by atoms with Crippen molar-refractivity contribution in [3.63, 3.8) is 0 Å². The smallest absolute Gasteiger partial charge is 0.0641 e. The van der Waals surface area contributed by atoms with Gasteiger partial charge in [-0.25, -0.2) is 0 Å². The molecule has 1 saturated heterocycles. The third-order valence-electron chi connectivity index (χ3n) is 1.89. The molecule has 1 aliphatic heterocycles. The fourth-order valence-electron chi connectivity index (χ4n) is 1.24. The first-order valence-corrected chi connectivity index (χ1v) is 3.97. The molecule has 1 fully saturated rings. The Morgan fingerprint density at radius 3 is 2.46 bits per heavy atom. The maximum Gasteiger partial charge on any atom is 0.0641 e. The van der Waals surface area contributed by atoms with Crippen molar-refractivity contribution < 1.29 is 4.74 Å². The molecule has 0 spiro atoms. The van der Waals surface area contributed by atoms with Crippen molar-refractivity contribution in [3.8, 4) is 0 Å². The number of aromatic nitrogens is 2. The zero-order valence-electron chi connectivity index (χ0n) is 7.44. The van der Waals surface area contributed by atoms with Crippen molar-refractivity contribution in [2.45, 2.75) is 0 Å². The quantitative estimate of drug-likeness (QED) is 0.593. The molecular weight excluding hydrogens is 421 g/mol. The van der Waals surface area contributed by atoms with Gasteiger partial charge in [-0.2, -0.15) is 0 Å². The van der Waals surface area contributed by atoms with Crippen molar-refractivity contribution >= 4 is 5.69 Å². The van der Waals surface area contributed by atoms with Crippen molar-refractivity contribution in [2.75, 3.05) is 31.2 Å². The largest absolute Gasteiger partial charge is 0.386 e. The van der Waals surface area contributed by atoms with E-state index in [1.165, 1.54) is 0 Å². The zero-order chi connectivity index (χ0) is 8.23. The molecule has 1 aliphatic rings. The van der Waals surface area contributed by atoms with E-state index in [1.807, 2.05) is 0 Å². The first-order chi connectivity index (χ1) is 5.97. The van der Waals surface area contributed by atoms with E-state index in [4.69, 9.17) is 4.74 Å². The Labute approximate surface area is 71.2 Å². The summed E-state index contributed by atoms with van der Waals surface area (Å²) in [7, 11) is 0. The van der Waals surface area contributed by atoms with Crippen molar-refractivity contribution in [1.29, 1.82) is 0 Å². The van der Waals surface area contributed by atoms with Gasteiger partial charge < -0.3 is 19.6 Å². The summed E-state index contributed by atoms with van der Waals surface area (Å²) in [6.07, 6.45) is 6.07. The molecule has 0 unspecified atom stereocenters. The maximum atomic E-state index is 5.23. The number of rotatable bonds is 1. The summed E-state index contributed by atoms with van der Waals surface area (Å²) < 4.78 is 5.23. The zero-order valence-corrected chi connectivity index (χ0v) is 13.8. The molecule has 13 heavy (non-hydrogen) atoms. The van der Waals surface area contributed by atoms with Crippen molar-refractivity contribution in [2.24, 2.45) is 0 Å². The van der Waals surface area contributed by atoms with Gasteiger partial charge in [-0.1, -0.05) is 12.4 Å². The van der Waals surface area contributed by atoms with E-state index in [-0.39, 0.29) is 0 Å². The van der Waals surface area contributed by atoms with Crippen LogP contribution in [-0.4, -0.2) is 36.3 Å². The minimum absolute atomic E-state index is 0. The fraction of sp³-hybridized carbons (Fsp3) is 0.500. The Morgan fingerprint density at radius 1 is 1.23 bits per heavy atom. The average molecular weight is 431 g/mol. The summed E-state index contributed by atoms with van der Waals surface area (Å²) in [5.74, 6) is 0. The molecule has 0 bridgehead atoms. The van der Waals surface area contributed by atoms with E-state index in [0.29, 0.717) is 0 Å². The van der Waals surface area contributed by atoms with Crippen LogP contribution in [0.5, 0.6) is 0 Å². The second-order valence-electron chi connectivity index (χ2n) is 2.64. The van der Waals surface area contributed by atoms with E-state index in [9.17, 15) is 0 Å². The topological polar surface area (TPSA) is 38.2 Å². The Balaban J connectivity index is 0.000000845. The third-order valence-corrected chi connectivity index (χ3v) is 1.89. The Bertz CT molecular complexity index is 238. The summed E-state index contributed by atoms with van der Waals surface area (Å²) in [5, 5.41) is 0. The summed E-state index contributed by atoms with van der Waals surface area (Å²) >= 11 is 0. The Kier molecular flexibility index (Phi) is 2.76. The second kappa shape index (κ2) is 4.01. The maximum absolute atomic E-state index is 5.23. The monoisotopic (exact) mass is 431 g/mol. The second-order valence-corrected chi connectivity index (χ2v) is 2.64. The number of hydrogen-bond acceptors (Lipinski definition) is 4. The number of hydrogen-bond donors (Lipinski definition) is 0. The third kappa shape index (κ3) is 1.90. The van der Waals surface area contributed by atoms with E-state index >= 15 is 0 Å². The predicted octanol–water partition coefficient (Wildman–Crippen LogP) is 0.113. The van der Waals surface area contributed by atoms with Gasteiger partial charge in [0.1, 0.15) is 0 Å². The summed E-state index contributed by atoms with van der Waals surface area (Å²) in [6, 6.07) is 0. The number of anilines is 1. The van der Waals surface area contributed by atoms with Crippen LogP contribution in [-0.2, 0) is 4.74 Å². The normalized spacial score (nSPS) is 16.5. The van der Waals surface area contributed by atoms with E-state index in [1.54, 1.807) is 12.4 Å². The van der Waals surface area contributed by atoms with Crippen LogP contribution in [0, 0.1) is 6.33 Å². The molecule has 1 aromatic rings. The molecule has 0 radical (unpaired) electrons. The molecule has 0 aliphatic carbocycles. The standard InChI is InChI=1S/C8H10N3O.Rf/c1-3-12-4-2-11(1)8-5-9-7-10-6-8;/h5-6H,1-4H2;/q-1;. The first kappa shape index (κ1) is 8.93. The minimum atomic E-state index is 0. The van der Waals surface area contributed by atoms with Crippen LogP contribution in [0.15, 0.2) is 12.4 Å². The van der Waals surface area contributed by atoms with Gasteiger partial charge in [0.05, 0.1) is 13.2 Å².